The quantitative estimate of drug-likeness (QED) is 0.547. The SMILES string of the molecule is O=c1c2ccccc2nc(-c2ccccc2)n1CCOc1ccccc1. The lowest BCUT2D eigenvalue weighted by atomic mass is 10.2. The molecule has 4 nitrogen and oxygen atoms in total. The molecule has 0 atom stereocenters. The Kier molecular flexibility index (Phi) is 4.48. The summed E-state index contributed by atoms with van der Waals surface area (Å²) in [7, 11) is 0. The van der Waals surface area contributed by atoms with Crippen molar-refractivity contribution < 1.29 is 4.74 Å². The molecular formula is C22H18N2O2. The standard InChI is InChI=1S/C22H18N2O2/c25-22-19-13-7-8-14-20(19)23-21(17-9-3-1-4-10-17)24(22)15-16-26-18-11-5-2-6-12-18/h1-14H,15-16H2. The predicted octanol–water partition coefficient (Wildman–Crippen LogP) is 4.14. The molecule has 4 heteroatoms. The summed E-state index contributed by atoms with van der Waals surface area (Å²) < 4.78 is 7.48. The van der Waals surface area contributed by atoms with Crippen LogP contribution < -0.4 is 10.3 Å². The van der Waals surface area contributed by atoms with Crippen LogP contribution in [0.2, 0.25) is 0 Å². The normalized spacial score (nSPS) is 10.8. The van der Waals surface area contributed by atoms with Crippen LogP contribution in [-0.4, -0.2) is 16.2 Å². The van der Waals surface area contributed by atoms with Gasteiger partial charge in [-0.2, -0.15) is 0 Å². The van der Waals surface area contributed by atoms with Gasteiger partial charge in [0.2, 0.25) is 0 Å². The van der Waals surface area contributed by atoms with Gasteiger partial charge in [0.05, 0.1) is 17.4 Å². The van der Waals surface area contributed by atoms with Crippen molar-refractivity contribution in [3.8, 4) is 17.1 Å². The van der Waals surface area contributed by atoms with E-state index in [1.165, 1.54) is 0 Å². The molecule has 0 aliphatic heterocycles. The zero-order chi connectivity index (χ0) is 17.8. The molecule has 0 unspecified atom stereocenters. The first kappa shape index (κ1) is 16.1. The lowest BCUT2D eigenvalue weighted by molar-refractivity contribution is 0.297. The number of rotatable bonds is 5. The molecular weight excluding hydrogens is 324 g/mol. The number of ether oxygens (including phenoxy) is 1. The fourth-order valence-electron chi connectivity index (χ4n) is 2.95. The molecule has 0 saturated heterocycles. The van der Waals surface area contributed by atoms with E-state index in [1.807, 2.05) is 84.9 Å². The largest absolute Gasteiger partial charge is 0.492 e. The zero-order valence-corrected chi connectivity index (χ0v) is 14.2. The van der Waals surface area contributed by atoms with Crippen LogP contribution in [0.25, 0.3) is 22.3 Å². The van der Waals surface area contributed by atoms with E-state index in [0.29, 0.717) is 29.9 Å². The Hall–Kier alpha value is -3.40. The van der Waals surface area contributed by atoms with Crippen LogP contribution in [0.4, 0.5) is 0 Å². The van der Waals surface area contributed by atoms with Crippen LogP contribution in [0, 0.1) is 0 Å². The van der Waals surface area contributed by atoms with E-state index >= 15 is 0 Å². The van der Waals surface area contributed by atoms with Crippen molar-refractivity contribution in [2.45, 2.75) is 6.54 Å². The van der Waals surface area contributed by atoms with E-state index < -0.39 is 0 Å². The second-order valence-corrected chi connectivity index (χ2v) is 5.94. The minimum absolute atomic E-state index is 0.0499. The van der Waals surface area contributed by atoms with Gasteiger partial charge in [-0.25, -0.2) is 4.98 Å². The second-order valence-electron chi connectivity index (χ2n) is 5.94. The Morgan fingerprint density at radius 2 is 1.46 bits per heavy atom. The molecule has 0 aliphatic carbocycles. The minimum Gasteiger partial charge on any atom is -0.492 e. The van der Waals surface area contributed by atoms with Crippen LogP contribution in [0.15, 0.2) is 89.7 Å². The number of benzene rings is 3. The molecule has 3 aromatic carbocycles. The van der Waals surface area contributed by atoms with E-state index in [4.69, 9.17) is 9.72 Å². The molecule has 0 fully saturated rings. The molecule has 4 aromatic rings. The Morgan fingerprint density at radius 1 is 0.808 bits per heavy atom. The summed E-state index contributed by atoms with van der Waals surface area (Å²) in [5, 5.41) is 0.617. The van der Waals surface area contributed by atoms with E-state index in [0.717, 1.165) is 11.3 Å². The minimum atomic E-state index is -0.0499. The highest BCUT2D eigenvalue weighted by atomic mass is 16.5. The van der Waals surface area contributed by atoms with Crippen molar-refractivity contribution in [2.75, 3.05) is 6.61 Å². The van der Waals surface area contributed by atoms with Crippen LogP contribution in [0.1, 0.15) is 0 Å². The van der Waals surface area contributed by atoms with E-state index in [9.17, 15) is 4.79 Å². The number of fused-ring (bicyclic) bond motifs is 1. The molecule has 128 valence electrons. The third-order valence-electron chi connectivity index (χ3n) is 4.22. The molecule has 0 amide bonds. The van der Waals surface area contributed by atoms with Gasteiger partial charge in [-0.3, -0.25) is 9.36 Å². The summed E-state index contributed by atoms with van der Waals surface area (Å²) in [5.41, 5.74) is 1.57. The molecule has 0 saturated carbocycles. The maximum Gasteiger partial charge on any atom is 0.261 e. The summed E-state index contributed by atoms with van der Waals surface area (Å²) in [6, 6.07) is 26.8. The number of nitrogens with zero attached hydrogens (tertiary/aromatic N) is 2. The van der Waals surface area contributed by atoms with Gasteiger partial charge >= 0.3 is 0 Å². The van der Waals surface area contributed by atoms with Crippen molar-refractivity contribution in [2.24, 2.45) is 0 Å². The maximum absolute atomic E-state index is 13.0. The molecule has 0 bridgehead atoms. The van der Waals surface area contributed by atoms with Gasteiger partial charge in [0.25, 0.3) is 5.56 Å². The molecule has 0 radical (unpaired) electrons. The molecule has 1 heterocycles. The number of para-hydroxylation sites is 2. The van der Waals surface area contributed by atoms with Crippen molar-refractivity contribution in [3.05, 3.63) is 95.3 Å². The molecule has 0 aliphatic rings. The first-order valence-electron chi connectivity index (χ1n) is 8.56. The van der Waals surface area contributed by atoms with Gasteiger partial charge in [-0.15, -0.1) is 0 Å². The van der Waals surface area contributed by atoms with Crippen molar-refractivity contribution in [3.63, 3.8) is 0 Å². The summed E-state index contributed by atoms with van der Waals surface area (Å²) >= 11 is 0. The van der Waals surface area contributed by atoms with Gasteiger partial charge in [-0.1, -0.05) is 60.7 Å². The molecule has 1 aromatic heterocycles. The summed E-state index contributed by atoms with van der Waals surface area (Å²) in [5.74, 6) is 1.45. The van der Waals surface area contributed by atoms with E-state index in [2.05, 4.69) is 0 Å². The zero-order valence-electron chi connectivity index (χ0n) is 14.2. The Balaban J connectivity index is 1.73. The second kappa shape index (κ2) is 7.23. The highest BCUT2D eigenvalue weighted by Crippen LogP contribution is 2.18. The third kappa shape index (κ3) is 3.22. The average Bonchev–Trinajstić information content (AvgIpc) is 2.71. The van der Waals surface area contributed by atoms with E-state index in [1.54, 1.807) is 4.57 Å². The number of aromatic nitrogens is 2. The molecule has 4 rings (SSSR count). The molecule has 26 heavy (non-hydrogen) atoms. The molecule has 0 spiro atoms. The number of hydrogen-bond acceptors (Lipinski definition) is 3. The van der Waals surface area contributed by atoms with Crippen molar-refractivity contribution in [1.82, 2.24) is 9.55 Å². The van der Waals surface area contributed by atoms with Gasteiger partial charge in [0, 0.05) is 5.56 Å². The summed E-state index contributed by atoms with van der Waals surface area (Å²) in [6.07, 6.45) is 0. The van der Waals surface area contributed by atoms with Gasteiger partial charge in [0.1, 0.15) is 18.2 Å². The van der Waals surface area contributed by atoms with Gasteiger partial charge in [-0.05, 0) is 24.3 Å². The maximum atomic E-state index is 13.0. The fraction of sp³-hybridized carbons (Fsp3) is 0.0909. The van der Waals surface area contributed by atoms with Gasteiger partial charge in [0.15, 0.2) is 0 Å². The Labute approximate surface area is 151 Å². The van der Waals surface area contributed by atoms with E-state index in [-0.39, 0.29) is 5.56 Å². The van der Waals surface area contributed by atoms with Crippen LogP contribution in [0.3, 0.4) is 0 Å². The first-order chi connectivity index (χ1) is 12.8. The predicted molar refractivity (Wildman–Crippen MR) is 103 cm³/mol. The molecule has 0 N–H and O–H groups in total. The van der Waals surface area contributed by atoms with Gasteiger partial charge < -0.3 is 4.74 Å². The Bertz CT molecular complexity index is 1070. The highest BCUT2D eigenvalue weighted by molar-refractivity contribution is 5.79. The van der Waals surface area contributed by atoms with Crippen molar-refractivity contribution in [1.29, 1.82) is 0 Å². The van der Waals surface area contributed by atoms with Crippen molar-refractivity contribution >= 4 is 10.9 Å². The first-order valence-corrected chi connectivity index (χ1v) is 8.56. The lowest BCUT2D eigenvalue weighted by Crippen LogP contribution is -2.26. The van der Waals surface area contributed by atoms with Crippen LogP contribution >= 0.6 is 0 Å². The van der Waals surface area contributed by atoms with Crippen LogP contribution in [0.5, 0.6) is 5.75 Å². The number of hydrogen-bond donors (Lipinski definition) is 0. The fourth-order valence-corrected chi connectivity index (χ4v) is 2.95. The highest BCUT2D eigenvalue weighted by Gasteiger charge is 2.12. The van der Waals surface area contributed by atoms with Crippen LogP contribution in [-0.2, 0) is 6.54 Å². The third-order valence-corrected chi connectivity index (χ3v) is 4.22. The average molecular weight is 342 g/mol. The topological polar surface area (TPSA) is 44.1 Å². The summed E-state index contributed by atoms with van der Waals surface area (Å²) in [4.78, 5) is 17.8. The summed E-state index contributed by atoms with van der Waals surface area (Å²) in [6.45, 7) is 0.819. The monoisotopic (exact) mass is 342 g/mol. The lowest BCUT2D eigenvalue weighted by Gasteiger charge is -2.14. The smallest absolute Gasteiger partial charge is 0.261 e. The Morgan fingerprint density at radius 3 is 2.23 bits per heavy atom.